The van der Waals surface area contributed by atoms with E-state index >= 15 is 0 Å². The van der Waals surface area contributed by atoms with Gasteiger partial charge in [-0.2, -0.15) is 5.10 Å². The summed E-state index contributed by atoms with van der Waals surface area (Å²) in [6.07, 6.45) is 1.39. The molecule has 3 heterocycles. The van der Waals surface area contributed by atoms with Crippen LogP contribution in [-0.2, 0) is 6.42 Å². The van der Waals surface area contributed by atoms with Crippen molar-refractivity contribution in [3.05, 3.63) is 113 Å². The van der Waals surface area contributed by atoms with Gasteiger partial charge in [0.05, 0.1) is 16.8 Å². The number of aromatic nitrogens is 4. The minimum Gasteiger partial charge on any atom is -0.354 e. The average molecular weight is 535 g/mol. The number of rotatable bonds is 5. The molecule has 6 rings (SSSR count). The monoisotopic (exact) mass is 534 g/mol. The summed E-state index contributed by atoms with van der Waals surface area (Å²) in [5.74, 6) is 1.28. The summed E-state index contributed by atoms with van der Waals surface area (Å²) in [5.41, 5.74) is 5.08. The molecular formula is C32H31FN6O. The average Bonchev–Trinajstić information content (AvgIpc) is 3.13. The summed E-state index contributed by atoms with van der Waals surface area (Å²) in [4.78, 5) is 27.6. The van der Waals surface area contributed by atoms with E-state index in [9.17, 15) is 9.18 Å². The van der Waals surface area contributed by atoms with Crippen molar-refractivity contribution < 1.29 is 9.18 Å². The van der Waals surface area contributed by atoms with Gasteiger partial charge in [-0.15, -0.1) is 0 Å². The van der Waals surface area contributed by atoms with Gasteiger partial charge in [-0.1, -0.05) is 48.5 Å². The highest BCUT2D eigenvalue weighted by Crippen LogP contribution is 2.30. The van der Waals surface area contributed by atoms with Crippen LogP contribution >= 0.6 is 0 Å². The van der Waals surface area contributed by atoms with Gasteiger partial charge >= 0.3 is 0 Å². The highest BCUT2D eigenvalue weighted by Gasteiger charge is 2.26. The van der Waals surface area contributed by atoms with Crippen LogP contribution in [0.2, 0.25) is 0 Å². The van der Waals surface area contributed by atoms with Gasteiger partial charge in [0.25, 0.3) is 5.91 Å². The highest BCUT2D eigenvalue weighted by atomic mass is 19.1. The first-order valence-corrected chi connectivity index (χ1v) is 13.6. The Hall–Kier alpha value is -4.59. The second-order valence-electron chi connectivity index (χ2n) is 10.2. The minimum absolute atomic E-state index is 0.0675. The molecule has 0 aliphatic carbocycles. The Labute approximate surface area is 232 Å². The lowest BCUT2D eigenvalue weighted by Crippen LogP contribution is -2.35. The Morgan fingerprint density at radius 1 is 0.850 bits per heavy atom. The van der Waals surface area contributed by atoms with Crippen molar-refractivity contribution in [2.75, 3.05) is 31.1 Å². The Morgan fingerprint density at radius 2 is 1.60 bits per heavy atom. The van der Waals surface area contributed by atoms with Crippen LogP contribution in [0.3, 0.4) is 0 Å². The standard InChI is InChI=1S/C32H31FN6O/c1-22-9-6-7-12-27(22)32(40)38-18-8-17-37(19-20-38)30-29-23(2)36-39(26-15-13-25(33)14-16-26)31(29)35-28(34-30)21-24-10-4-3-5-11-24/h3-7,9-16H,8,17-21H2,1-2H3. The number of carbonyl (C=O) groups is 1. The number of nitrogens with zero attached hydrogens (tertiary/aromatic N) is 6. The van der Waals surface area contributed by atoms with Crippen LogP contribution in [0.5, 0.6) is 0 Å². The summed E-state index contributed by atoms with van der Waals surface area (Å²) in [6, 6.07) is 24.2. The first-order valence-electron chi connectivity index (χ1n) is 13.6. The largest absolute Gasteiger partial charge is 0.354 e. The predicted octanol–water partition coefficient (Wildman–Crippen LogP) is 5.51. The van der Waals surface area contributed by atoms with Gasteiger partial charge in [0.15, 0.2) is 5.65 Å². The van der Waals surface area contributed by atoms with E-state index in [4.69, 9.17) is 15.1 Å². The molecule has 7 nitrogen and oxygen atoms in total. The van der Waals surface area contributed by atoms with E-state index in [0.29, 0.717) is 37.5 Å². The zero-order chi connectivity index (χ0) is 27.6. The number of benzene rings is 3. The van der Waals surface area contributed by atoms with Crippen LogP contribution in [0.4, 0.5) is 10.2 Å². The third-order valence-corrected chi connectivity index (χ3v) is 7.46. The molecule has 0 radical (unpaired) electrons. The third-order valence-electron chi connectivity index (χ3n) is 7.46. The van der Waals surface area contributed by atoms with Crippen molar-refractivity contribution in [3.8, 4) is 5.69 Å². The number of hydrogen-bond donors (Lipinski definition) is 0. The van der Waals surface area contributed by atoms with Gasteiger partial charge in [-0.3, -0.25) is 4.79 Å². The van der Waals surface area contributed by atoms with Crippen molar-refractivity contribution in [2.24, 2.45) is 0 Å². The van der Waals surface area contributed by atoms with Crippen molar-refractivity contribution in [1.29, 1.82) is 0 Å². The fraction of sp³-hybridized carbons (Fsp3) is 0.250. The summed E-state index contributed by atoms with van der Waals surface area (Å²) in [6.45, 7) is 6.62. The molecule has 1 aliphatic rings. The van der Waals surface area contributed by atoms with E-state index in [0.717, 1.165) is 52.2 Å². The normalized spacial score (nSPS) is 14.0. The maximum Gasteiger partial charge on any atom is 0.254 e. The molecule has 0 saturated carbocycles. The molecule has 3 aromatic carbocycles. The Morgan fingerprint density at radius 3 is 2.38 bits per heavy atom. The van der Waals surface area contributed by atoms with E-state index < -0.39 is 0 Å². The van der Waals surface area contributed by atoms with Crippen molar-refractivity contribution in [3.63, 3.8) is 0 Å². The van der Waals surface area contributed by atoms with Crippen molar-refractivity contribution >= 4 is 22.8 Å². The zero-order valence-corrected chi connectivity index (χ0v) is 22.7. The SMILES string of the molecule is Cc1ccccc1C(=O)N1CCCN(c2nc(Cc3ccccc3)nc3c2c(C)nn3-c2ccc(F)cc2)CC1. The van der Waals surface area contributed by atoms with Gasteiger partial charge in [0, 0.05) is 38.2 Å². The van der Waals surface area contributed by atoms with Crippen LogP contribution in [0.15, 0.2) is 78.9 Å². The van der Waals surface area contributed by atoms with Crippen LogP contribution in [0.1, 0.15) is 39.4 Å². The Bertz CT molecular complexity index is 1660. The summed E-state index contributed by atoms with van der Waals surface area (Å²) in [5, 5.41) is 5.68. The Balaban J connectivity index is 1.39. The number of amides is 1. The lowest BCUT2D eigenvalue weighted by molar-refractivity contribution is 0.0766. The van der Waals surface area contributed by atoms with Gasteiger partial charge in [-0.05, 0) is 61.7 Å². The second kappa shape index (κ2) is 10.9. The van der Waals surface area contributed by atoms with Gasteiger partial charge in [0.2, 0.25) is 0 Å². The van der Waals surface area contributed by atoms with Gasteiger partial charge < -0.3 is 9.80 Å². The maximum absolute atomic E-state index is 13.7. The molecule has 1 fully saturated rings. The highest BCUT2D eigenvalue weighted by molar-refractivity contribution is 5.96. The molecule has 0 N–H and O–H groups in total. The molecule has 0 unspecified atom stereocenters. The van der Waals surface area contributed by atoms with Crippen LogP contribution in [0.25, 0.3) is 16.7 Å². The lowest BCUT2D eigenvalue weighted by atomic mass is 10.1. The van der Waals surface area contributed by atoms with E-state index in [1.807, 2.05) is 61.2 Å². The summed E-state index contributed by atoms with van der Waals surface area (Å²) < 4.78 is 15.5. The quantitative estimate of drug-likeness (QED) is 0.297. The minimum atomic E-state index is -0.300. The fourth-order valence-electron chi connectivity index (χ4n) is 5.37. The van der Waals surface area contributed by atoms with Crippen molar-refractivity contribution in [2.45, 2.75) is 26.7 Å². The molecular weight excluding hydrogens is 503 g/mol. The first-order chi connectivity index (χ1) is 19.5. The molecule has 1 saturated heterocycles. The summed E-state index contributed by atoms with van der Waals surface area (Å²) >= 11 is 0. The van der Waals surface area contributed by atoms with Crippen molar-refractivity contribution in [1.82, 2.24) is 24.6 Å². The van der Waals surface area contributed by atoms with E-state index in [2.05, 4.69) is 17.0 Å². The number of hydrogen-bond acceptors (Lipinski definition) is 5. The molecule has 202 valence electrons. The predicted molar refractivity (Wildman–Crippen MR) is 155 cm³/mol. The van der Waals surface area contributed by atoms with Gasteiger partial charge in [-0.25, -0.2) is 19.0 Å². The number of halogens is 1. The number of anilines is 1. The molecule has 2 aromatic heterocycles. The smallest absolute Gasteiger partial charge is 0.254 e. The topological polar surface area (TPSA) is 67.2 Å². The molecule has 8 heteroatoms. The van der Waals surface area contributed by atoms with Crippen LogP contribution in [-0.4, -0.2) is 56.7 Å². The fourth-order valence-corrected chi connectivity index (χ4v) is 5.37. The zero-order valence-electron chi connectivity index (χ0n) is 22.7. The molecule has 40 heavy (non-hydrogen) atoms. The molecule has 1 amide bonds. The molecule has 1 aliphatic heterocycles. The summed E-state index contributed by atoms with van der Waals surface area (Å²) in [7, 11) is 0. The number of carbonyl (C=O) groups excluding carboxylic acids is 1. The van der Waals surface area contributed by atoms with E-state index in [-0.39, 0.29) is 11.7 Å². The maximum atomic E-state index is 13.7. The van der Waals surface area contributed by atoms with Crippen LogP contribution < -0.4 is 4.90 Å². The number of fused-ring (bicyclic) bond motifs is 1. The molecule has 5 aromatic rings. The van der Waals surface area contributed by atoms with Crippen LogP contribution in [0, 0.1) is 19.7 Å². The third kappa shape index (κ3) is 5.04. The van der Waals surface area contributed by atoms with E-state index in [1.165, 1.54) is 12.1 Å². The lowest BCUT2D eigenvalue weighted by Gasteiger charge is -2.24. The Kier molecular flexibility index (Phi) is 6.99. The first kappa shape index (κ1) is 25.7. The second-order valence-corrected chi connectivity index (χ2v) is 10.2. The molecule has 0 atom stereocenters. The number of aryl methyl sites for hydroxylation is 2. The molecule has 0 bridgehead atoms. The molecule has 0 spiro atoms. The van der Waals surface area contributed by atoms with Gasteiger partial charge in [0.1, 0.15) is 17.5 Å². The van der Waals surface area contributed by atoms with E-state index in [1.54, 1.807) is 16.8 Å².